The van der Waals surface area contributed by atoms with Crippen molar-refractivity contribution >= 4 is 5.78 Å². The second-order valence-corrected chi connectivity index (χ2v) is 4.37. The minimum atomic E-state index is 0.0676. The van der Waals surface area contributed by atoms with Crippen LogP contribution in [0.5, 0.6) is 11.8 Å². The first-order chi connectivity index (χ1) is 9.06. The largest absolute Gasteiger partial charge is 0.478 e. The molecule has 5 heteroatoms. The summed E-state index contributed by atoms with van der Waals surface area (Å²) in [7, 11) is 3.88. The fourth-order valence-corrected chi connectivity index (χ4v) is 1.56. The molecule has 0 aromatic carbocycles. The normalized spacial score (nSPS) is 10.6. The van der Waals surface area contributed by atoms with Crippen LogP contribution in [0.4, 0.5) is 0 Å². The third-order valence-corrected chi connectivity index (χ3v) is 2.47. The van der Waals surface area contributed by atoms with Gasteiger partial charge in [0, 0.05) is 30.7 Å². The van der Waals surface area contributed by atoms with Crippen molar-refractivity contribution in [2.24, 2.45) is 0 Å². The number of rotatable bonds is 8. The van der Waals surface area contributed by atoms with E-state index in [-0.39, 0.29) is 5.78 Å². The average molecular weight is 266 g/mol. The van der Waals surface area contributed by atoms with Gasteiger partial charge in [-0.1, -0.05) is 0 Å². The Morgan fingerprint density at radius 1 is 1.16 bits per heavy atom. The van der Waals surface area contributed by atoms with Gasteiger partial charge in [-0.05, 0) is 27.9 Å². The number of carbonyl (C=O) groups is 1. The van der Waals surface area contributed by atoms with Crippen LogP contribution in [0.3, 0.4) is 0 Å². The molecule has 0 spiro atoms. The number of Topliss-reactive ketones (excluding diaryl/α,β-unsaturated/α-hetero) is 1. The SMILES string of the molecule is CCOc1cc(C(=O)CCN(C)C)cc(OCC)n1. The van der Waals surface area contributed by atoms with Crippen LogP contribution in [0.1, 0.15) is 30.6 Å². The molecule has 0 atom stereocenters. The highest BCUT2D eigenvalue weighted by Gasteiger charge is 2.11. The third kappa shape index (κ3) is 5.26. The van der Waals surface area contributed by atoms with Crippen molar-refractivity contribution < 1.29 is 14.3 Å². The van der Waals surface area contributed by atoms with Gasteiger partial charge in [0.05, 0.1) is 13.2 Å². The minimum absolute atomic E-state index is 0.0676. The Hall–Kier alpha value is -1.62. The lowest BCUT2D eigenvalue weighted by Crippen LogP contribution is -2.17. The lowest BCUT2D eigenvalue weighted by molar-refractivity contribution is 0.0971. The van der Waals surface area contributed by atoms with Crippen LogP contribution in [0.15, 0.2) is 12.1 Å². The molecule has 0 unspecified atom stereocenters. The Morgan fingerprint density at radius 3 is 2.11 bits per heavy atom. The summed E-state index contributed by atoms with van der Waals surface area (Å²) in [5.74, 6) is 0.932. The van der Waals surface area contributed by atoms with Gasteiger partial charge in [-0.2, -0.15) is 4.98 Å². The van der Waals surface area contributed by atoms with Crippen molar-refractivity contribution in [1.29, 1.82) is 0 Å². The Bertz CT molecular complexity index is 395. The molecule has 19 heavy (non-hydrogen) atoms. The molecule has 106 valence electrons. The van der Waals surface area contributed by atoms with E-state index in [2.05, 4.69) is 4.98 Å². The molecule has 1 rings (SSSR count). The summed E-state index contributed by atoms with van der Waals surface area (Å²) in [6.07, 6.45) is 0.466. The molecule has 0 bridgehead atoms. The Balaban J connectivity index is 2.88. The van der Waals surface area contributed by atoms with Gasteiger partial charge < -0.3 is 14.4 Å². The maximum absolute atomic E-state index is 12.1. The summed E-state index contributed by atoms with van der Waals surface area (Å²) in [5.41, 5.74) is 0.587. The van der Waals surface area contributed by atoms with Gasteiger partial charge in [-0.25, -0.2) is 0 Å². The molecule has 1 aromatic heterocycles. The fraction of sp³-hybridized carbons (Fsp3) is 0.571. The molecule has 0 amide bonds. The van der Waals surface area contributed by atoms with Crippen LogP contribution < -0.4 is 9.47 Å². The number of hydrogen-bond acceptors (Lipinski definition) is 5. The Morgan fingerprint density at radius 2 is 1.68 bits per heavy atom. The van der Waals surface area contributed by atoms with Crippen molar-refractivity contribution in [1.82, 2.24) is 9.88 Å². The maximum Gasteiger partial charge on any atom is 0.217 e. The van der Waals surface area contributed by atoms with E-state index in [9.17, 15) is 4.79 Å². The predicted octanol–water partition coefficient (Wildman–Crippen LogP) is 2.01. The van der Waals surface area contributed by atoms with Gasteiger partial charge in [0.1, 0.15) is 0 Å². The molecular formula is C14H22N2O3. The van der Waals surface area contributed by atoms with Gasteiger partial charge in [-0.15, -0.1) is 0 Å². The van der Waals surface area contributed by atoms with Gasteiger partial charge in [0.2, 0.25) is 11.8 Å². The molecule has 0 N–H and O–H groups in total. The zero-order valence-corrected chi connectivity index (χ0v) is 12.1. The summed E-state index contributed by atoms with van der Waals surface area (Å²) in [4.78, 5) is 18.3. The second kappa shape index (κ2) is 7.74. The van der Waals surface area contributed by atoms with E-state index in [1.165, 1.54) is 0 Å². The number of carbonyl (C=O) groups excluding carboxylic acids is 1. The first-order valence-electron chi connectivity index (χ1n) is 6.52. The second-order valence-electron chi connectivity index (χ2n) is 4.37. The molecule has 5 nitrogen and oxygen atoms in total. The van der Waals surface area contributed by atoms with Gasteiger partial charge in [0.15, 0.2) is 5.78 Å². The molecule has 0 saturated heterocycles. The lowest BCUT2D eigenvalue weighted by Gasteiger charge is -2.11. The molecule has 0 saturated carbocycles. The van der Waals surface area contributed by atoms with E-state index < -0.39 is 0 Å². The van der Waals surface area contributed by atoms with Crippen molar-refractivity contribution in [3.05, 3.63) is 17.7 Å². The van der Waals surface area contributed by atoms with Crippen molar-refractivity contribution in [2.45, 2.75) is 20.3 Å². The lowest BCUT2D eigenvalue weighted by atomic mass is 10.1. The number of pyridine rings is 1. The van der Waals surface area contributed by atoms with Crippen LogP contribution in [0, 0.1) is 0 Å². The summed E-state index contributed by atoms with van der Waals surface area (Å²) < 4.78 is 10.7. The molecule has 0 radical (unpaired) electrons. The van der Waals surface area contributed by atoms with Crippen LogP contribution >= 0.6 is 0 Å². The standard InChI is InChI=1S/C14H22N2O3/c1-5-18-13-9-11(10-14(15-13)19-6-2)12(17)7-8-16(3)4/h9-10H,5-8H2,1-4H3. The van der Waals surface area contributed by atoms with E-state index in [0.29, 0.717) is 37.0 Å². The average Bonchev–Trinajstić information content (AvgIpc) is 2.36. The smallest absolute Gasteiger partial charge is 0.217 e. The number of nitrogens with zero attached hydrogens (tertiary/aromatic N) is 2. The van der Waals surface area contributed by atoms with Crippen LogP contribution in [-0.2, 0) is 0 Å². The molecule has 1 heterocycles. The Labute approximate surface area is 114 Å². The molecule has 0 aliphatic carbocycles. The van der Waals surface area contributed by atoms with E-state index >= 15 is 0 Å². The number of hydrogen-bond donors (Lipinski definition) is 0. The van der Waals surface area contributed by atoms with Gasteiger partial charge >= 0.3 is 0 Å². The van der Waals surface area contributed by atoms with E-state index in [4.69, 9.17) is 9.47 Å². The van der Waals surface area contributed by atoms with Crippen molar-refractivity contribution in [3.63, 3.8) is 0 Å². The minimum Gasteiger partial charge on any atom is -0.478 e. The molecule has 1 aromatic rings. The third-order valence-electron chi connectivity index (χ3n) is 2.47. The number of aromatic nitrogens is 1. The highest BCUT2D eigenvalue weighted by atomic mass is 16.5. The quantitative estimate of drug-likeness (QED) is 0.674. The van der Waals surface area contributed by atoms with Gasteiger partial charge in [-0.3, -0.25) is 4.79 Å². The summed E-state index contributed by atoms with van der Waals surface area (Å²) >= 11 is 0. The maximum atomic E-state index is 12.1. The van der Waals surface area contributed by atoms with E-state index in [1.54, 1.807) is 12.1 Å². The highest BCUT2D eigenvalue weighted by molar-refractivity contribution is 5.96. The molecule has 0 fully saturated rings. The van der Waals surface area contributed by atoms with Gasteiger partial charge in [0.25, 0.3) is 0 Å². The Kier molecular flexibility index (Phi) is 6.29. The van der Waals surface area contributed by atoms with Crippen molar-refractivity contribution in [2.75, 3.05) is 33.9 Å². The number of ether oxygens (including phenoxy) is 2. The van der Waals surface area contributed by atoms with E-state index in [1.807, 2.05) is 32.8 Å². The predicted molar refractivity (Wildman–Crippen MR) is 74.1 cm³/mol. The molecular weight excluding hydrogens is 244 g/mol. The summed E-state index contributed by atoms with van der Waals surface area (Å²) in [5, 5.41) is 0. The fourth-order valence-electron chi connectivity index (χ4n) is 1.56. The topological polar surface area (TPSA) is 51.7 Å². The zero-order chi connectivity index (χ0) is 14.3. The first kappa shape index (κ1) is 15.4. The number of ketones is 1. The monoisotopic (exact) mass is 266 g/mol. The highest BCUT2D eigenvalue weighted by Crippen LogP contribution is 2.19. The first-order valence-corrected chi connectivity index (χ1v) is 6.52. The van der Waals surface area contributed by atoms with Crippen molar-refractivity contribution in [3.8, 4) is 11.8 Å². The summed E-state index contributed by atoms with van der Waals surface area (Å²) in [6.45, 7) is 5.49. The summed E-state index contributed by atoms with van der Waals surface area (Å²) in [6, 6.07) is 3.34. The van der Waals surface area contributed by atoms with Crippen LogP contribution in [0.2, 0.25) is 0 Å². The van der Waals surface area contributed by atoms with E-state index in [0.717, 1.165) is 6.54 Å². The van der Waals surface area contributed by atoms with Crippen LogP contribution in [-0.4, -0.2) is 49.5 Å². The zero-order valence-electron chi connectivity index (χ0n) is 12.1. The molecule has 0 aliphatic heterocycles. The van der Waals surface area contributed by atoms with Crippen LogP contribution in [0.25, 0.3) is 0 Å². The molecule has 0 aliphatic rings.